The van der Waals surface area contributed by atoms with Crippen molar-refractivity contribution < 1.29 is 8.42 Å². The van der Waals surface area contributed by atoms with Crippen LogP contribution in [0, 0.1) is 0 Å². The number of benzene rings is 2. The van der Waals surface area contributed by atoms with Crippen LogP contribution in [0.5, 0.6) is 0 Å². The maximum atomic E-state index is 13.7. The molecule has 0 aliphatic carbocycles. The van der Waals surface area contributed by atoms with Gasteiger partial charge in [0, 0.05) is 66.1 Å². The lowest BCUT2D eigenvalue weighted by Gasteiger charge is -2.37. The van der Waals surface area contributed by atoms with E-state index >= 15 is 0 Å². The summed E-state index contributed by atoms with van der Waals surface area (Å²) >= 11 is 1.79. The molecule has 0 amide bonds. The number of fused-ring (bicyclic) bond motifs is 2. The molecule has 0 spiro atoms. The van der Waals surface area contributed by atoms with Crippen molar-refractivity contribution in [3.63, 3.8) is 0 Å². The predicted octanol–water partition coefficient (Wildman–Crippen LogP) is 4.81. The first-order valence-corrected chi connectivity index (χ1v) is 14.7. The Kier molecular flexibility index (Phi) is 6.22. The van der Waals surface area contributed by atoms with Crippen molar-refractivity contribution in [2.75, 3.05) is 44.2 Å². The maximum absolute atomic E-state index is 13.7. The molecule has 0 N–H and O–H groups in total. The number of thiophene rings is 1. The Morgan fingerprint density at radius 1 is 0.914 bits per heavy atom. The third kappa shape index (κ3) is 4.33. The molecule has 2 aromatic carbocycles. The fraction of sp³-hybridized carbons (Fsp3) is 0.370. The molecule has 1 atom stereocenters. The standard InChI is InChI=1S/C27H30N4O2S2/c32-35(33,27-10-1-7-24-22(27)6-3-13-28-24)31-14-4-5-21(31)11-15-29-16-18-30(19-17-29)25-8-2-9-26-23(25)12-20-34-26/h1-3,6-10,12-13,20-21H,4-5,11,14-19H2. The van der Waals surface area contributed by atoms with E-state index in [1.54, 1.807) is 40.0 Å². The summed E-state index contributed by atoms with van der Waals surface area (Å²) in [6.45, 7) is 5.56. The van der Waals surface area contributed by atoms with Crippen LogP contribution >= 0.6 is 11.3 Å². The molecule has 0 bridgehead atoms. The smallest absolute Gasteiger partial charge is 0.243 e. The quantitative estimate of drug-likeness (QED) is 0.376. The van der Waals surface area contributed by atoms with Gasteiger partial charge in [-0.25, -0.2) is 8.42 Å². The van der Waals surface area contributed by atoms with Gasteiger partial charge in [0.1, 0.15) is 0 Å². The monoisotopic (exact) mass is 506 g/mol. The topological polar surface area (TPSA) is 56.8 Å². The summed E-state index contributed by atoms with van der Waals surface area (Å²) in [5.74, 6) is 0. The number of nitrogens with zero attached hydrogens (tertiary/aromatic N) is 4. The number of hydrogen-bond donors (Lipinski definition) is 0. The lowest BCUT2D eigenvalue weighted by atomic mass is 10.1. The summed E-state index contributed by atoms with van der Waals surface area (Å²) in [6.07, 6.45) is 4.44. The lowest BCUT2D eigenvalue weighted by Crippen LogP contribution is -2.47. The minimum atomic E-state index is -3.56. The van der Waals surface area contributed by atoms with Gasteiger partial charge in [0.2, 0.25) is 10.0 Å². The van der Waals surface area contributed by atoms with E-state index < -0.39 is 10.0 Å². The second-order valence-corrected chi connectivity index (χ2v) is 12.3. The number of piperazine rings is 1. The zero-order valence-electron chi connectivity index (χ0n) is 19.7. The molecule has 8 heteroatoms. The zero-order valence-corrected chi connectivity index (χ0v) is 21.3. The largest absolute Gasteiger partial charge is 0.368 e. The van der Waals surface area contributed by atoms with Crippen molar-refractivity contribution >= 4 is 48.0 Å². The minimum Gasteiger partial charge on any atom is -0.368 e. The van der Waals surface area contributed by atoms with Gasteiger partial charge in [0.05, 0.1) is 10.4 Å². The van der Waals surface area contributed by atoms with Crippen LogP contribution in [0.3, 0.4) is 0 Å². The van der Waals surface area contributed by atoms with Gasteiger partial charge in [-0.15, -0.1) is 11.3 Å². The fourth-order valence-electron chi connectivity index (χ4n) is 5.64. The van der Waals surface area contributed by atoms with E-state index in [0.29, 0.717) is 16.8 Å². The van der Waals surface area contributed by atoms with Gasteiger partial charge < -0.3 is 4.90 Å². The van der Waals surface area contributed by atoms with E-state index in [0.717, 1.165) is 57.5 Å². The van der Waals surface area contributed by atoms with Gasteiger partial charge >= 0.3 is 0 Å². The van der Waals surface area contributed by atoms with Crippen molar-refractivity contribution in [2.24, 2.45) is 0 Å². The molecular weight excluding hydrogens is 476 g/mol. The maximum Gasteiger partial charge on any atom is 0.243 e. The molecular formula is C27H30N4O2S2. The van der Waals surface area contributed by atoms with E-state index in [4.69, 9.17) is 0 Å². The van der Waals surface area contributed by atoms with Crippen molar-refractivity contribution in [2.45, 2.75) is 30.2 Å². The molecule has 0 saturated carbocycles. The SMILES string of the molecule is O=S(=O)(c1cccc2ncccc12)N1CCCC1CCN1CCN(c2cccc3sccc23)CC1. The Hall–Kier alpha value is -2.52. The van der Waals surface area contributed by atoms with Gasteiger partial charge in [0.15, 0.2) is 0 Å². The zero-order chi connectivity index (χ0) is 23.8. The summed E-state index contributed by atoms with van der Waals surface area (Å²) in [6, 6.07) is 17.9. The second kappa shape index (κ2) is 9.50. The van der Waals surface area contributed by atoms with Crippen molar-refractivity contribution in [1.82, 2.24) is 14.2 Å². The summed E-state index contributed by atoms with van der Waals surface area (Å²) in [5.41, 5.74) is 2.06. The summed E-state index contributed by atoms with van der Waals surface area (Å²) in [7, 11) is -3.56. The van der Waals surface area contributed by atoms with Crippen LogP contribution in [0.2, 0.25) is 0 Å². The predicted molar refractivity (Wildman–Crippen MR) is 144 cm³/mol. The molecule has 6 nitrogen and oxygen atoms in total. The number of hydrogen-bond acceptors (Lipinski definition) is 6. The Morgan fingerprint density at radius 2 is 1.77 bits per heavy atom. The molecule has 6 rings (SSSR count). The van der Waals surface area contributed by atoms with Crippen LogP contribution in [0.15, 0.2) is 71.1 Å². The Labute approximate surface area is 210 Å². The molecule has 2 aliphatic rings. The molecule has 35 heavy (non-hydrogen) atoms. The normalized spacial score (nSPS) is 20.2. The third-order valence-corrected chi connectivity index (χ3v) is 10.4. The first kappa shape index (κ1) is 22.9. The van der Waals surface area contributed by atoms with Gasteiger partial charge in [-0.3, -0.25) is 9.88 Å². The second-order valence-electron chi connectivity index (χ2n) is 9.46. The summed E-state index contributed by atoms with van der Waals surface area (Å²) in [5, 5.41) is 4.22. The van der Waals surface area contributed by atoms with Crippen LogP contribution in [0.25, 0.3) is 21.0 Å². The van der Waals surface area contributed by atoms with E-state index in [1.165, 1.54) is 15.8 Å². The highest BCUT2D eigenvalue weighted by Crippen LogP contribution is 2.33. The molecule has 4 aromatic rings. The van der Waals surface area contributed by atoms with Crippen LogP contribution < -0.4 is 4.90 Å². The van der Waals surface area contributed by atoms with Crippen molar-refractivity contribution in [3.8, 4) is 0 Å². The Balaban J connectivity index is 1.11. The van der Waals surface area contributed by atoms with E-state index in [9.17, 15) is 8.42 Å². The summed E-state index contributed by atoms with van der Waals surface area (Å²) < 4.78 is 30.4. The fourth-order valence-corrected chi connectivity index (χ4v) is 8.37. The molecule has 4 heterocycles. The van der Waals surface area contributed by atoms with Gasteiger partial charge in [0.25, 0.3) is 0 Å². The highest BCUT2D eigenvalue weighted by Gasteiger charge is 2.36. The van der Waals surface area contributed by atoms with Crippen molar-refractivity contribution in [1.29, 1.82) is 0 Å². The molecule has 2 fully saturated rings. The number of aromatic nitrogens is 1. The highest BCUT2D eigenvalue weighted by molar-refractivity contribution is 7.89. The minimum absolute atomic E-state index is 0.0597. The summed E-state index contributed by atoms with van der Waals surface area (Å²) in [4.78, 5) is 9.72. The molecule has 2 saturated heterocycles. The first-order valence-electron chi connectivity index (χ1n) is 12.4. The lowest BCUT2D eigenvalue weighted by molar-refractivity contribution is 0.232. The van der Waals surface area contributed by atoms with Gasteiger partial charge in [-0.1, -0.05) is 12.1 Å². The number of rotatable bonds is 6. The highest BCUT2D eigenvalue weighted by atomic mass is 32.2. The van der Waals surface area contributed by atoms with E-state index in [2.05, 4.69) is 44.4 Å². The van der Waals surface area contributed by atoms with Crippen LogP contribution in [0.4, 0.5) is 5.69 Å². The van der Waals surface area contributed by atoms with E-state index in [1.807, 2.05) is 12.1 Å². The van der Waals surface area contributed by atoms with Crippen LogP contribution in [-0.4, -0.2) is 67.9 Å². The molecule has 182 valence electrons. The average Bonchev–Trinajstić information content (AvgIpc) is 3.57. The average molecular weight is 507 g/mol. The molecule has 2 aromatic heterocycles. The Bertz CT molecular complexity index is 1440. The van der Waals surface area contributed by atoms with Crippen molar-refractivity contribution in [3.05, 3.63) is 66.2 Å². The number of anilines is 1. The molecule has 1 unspecified atom stereocenters. The number of sulfonamides is 1. The van der Waals surface area contributed by atoms with Gasteiger partial charge in [-0.2, -0.15) is 4.31 Å². The van der Waals surface area contributed by atoms with Crippen LogP contribution in [0.1, 0.15) is 19.3 Å². The molecule has 2 aliphatic heterocycles. The molecule has 0 radical (unpaired) electrons. The van der Waals surface area contributed by atoms with E-state index in [-0.39, 0.29) is 6.04 Å². The Morgan fingerprint density at radius 3 is 2.66 bits per heavy atom. The van der Waals surface area contributed by atoms with Gasteiger partial charge in [-0.05, 0) is 73.7 Å². The van der Waals surface area contributed by atoms with Crippen LogP contribution in [-0.2, 0) is 10.0 Å². The third-order valence-electron chi connectivity index (χ3n) is 7.48. The first-order chi connectivity index (χ1) is 17.1. The number of pyridine rings is 1.